The van der Waals surface area contributed by atoms with Crippen LogP contribution in [0, 0.1) is 0 Å². The average molecular weight is 337 g/mol. The molecule has 0 radical (unpaired) electrons. The second-order valence-electron chi connectivity index (χ2n) is 4.26. The fraction of sp³-hybridized carbons (Fsp3) is 0.200. The maximum absolute atomic E-state index is 11.2. The van der Waals surface area contributed by atoms with Crippen molar-refractivity contribution >= 4 is 38.6 Å². The van der Waals surface area contributed by atoms with Gasteiger partial charge in [-0.2, -0.15) is 0 Å². The standard InChI is InChI=1S/C15H13BrO4/c1-9(17)19-14-5-6-15(20-10(2)18)13-7-11(8-16)3-4-12(13)14/h3-7H,8H2,1-2H3. The minimum absolute atomic E-state index is 0.392. The number of hydrogen-bond acceptors (Lipinski definition) is 4. The number of benzene rings is 2. The highest BCUT2D eigenvalue weighted by Crippen LogP contribution is 2.34. The van der Waals surface area contributed by atoms with Crippen molar-refractivity contribution < 1.29 is 19.1 Å². The molecule has 0 aliphatic heterocycles. The summed E-state index contributed by atoms with van der Waals surface area (Å²) in [6.07, 6.45) is 0. The van der Waals surface area contributed by atoms with Gasteiger partial charge in [-0.3, -0.25) is 9.59 Å². The van der Waals surface area contributed by atoms with Crippen LogP contribution in [0.4, 0.5) is 0 Å². The predicted octanol–water partition coefficient (Wildman–Crippen LogP) is 3.59. The molecule has 0 aliphatic rings. The fourth-order valence-electron chi connectivity index (χ4n) is 1.91. The molecule has 0 atom stereocenters. The van der Waals surface area contributed by atoms with E-state index in [9.17, 15) is 9.59 Å². The molecule has 0 unspecified atom stereocenters. The van der Waals surface area contributed by atoms with E-state index in [-0.39, 0.29) is 0 Å². The van der Waals surface area contributed by atoms with Crippen LogP contribution in [0.5, 0.6) is 11.5 Å². The first-order chi connectivity index (χ1) is 9.51. The maximum atomic E-state index is 11.2. The number of halogens is 1. The lowest BCUT2D eigenvalue weighted by Crippen LogP contribution is -2.04. The molecule has 4 nitrogen and oxygen atoms in total. The molecule has 0 heterocycles. The summed E-state index contributed by atoms with van der Waals surface area (Å²) in [7, 11) is 0. The Kier molecular flexibility index (Phi) is 4.39. The molecule has 2 rings (SSSR count). The Morgan fingerprint density at radius 3 is 2.00 bits per heavy atom. The molecule has 0 aliphatic carbocycles. The topological polar surface area (TPSA) is 52.6 Å². The Hall–Kier alpha value is -1.88. The summed E-state index contributed by atoms with van der Waals surface area (Å²) in [4.78, 5) is 22.3. The van der Waals surface area contributed by atoms with Crippen molar-refractivity contribution in [2.75, 3.05) is 0 Å². The van der Waals surface area contributed by atoms with Gasteiger partial charge in [0, 0.05) is 30.0 Å². The van der Waals surface area contributed by atoms with Crippen molar-refractivity contribution in [3.63, 3.8) is 0 Å². The molecule has 0 spiro atoms. The predicted molar refractivity (Wildman–Crippen MR) is 79.2 cm³/mol. The summed E-state index contributed by atoms with van der Waals surface area (Å²) >= 11 is 3.38. The molecule has 20 heavy (non-hydrogen) atoms. The molecule has 2 aromatic rings. The van der Waals surface area contributed by atoms with Crippen LogP contribution >= 0.6 is 15.9 Å². The number of carbonyl (C=O) groups excluding carboxylic acids is 2. The van der Waals surface area contributed by atoms with Crippen LogP contribution in [-0.4, -0.2) is 11.9 Å². The van der Waals surface area contributed by atoms with Gasteiger partial charge in [0.15, 0.2) is 0 Å². The van der Waals surface area contributed by atoms with Gasteiger partial charge in [-0.1, -0.05) is 28.1 Å². The van der Waals surface area contributed by atoms with Gasteiger partial charge in [0.2, 0.25) is 0 Å². The Morgan fingerprint density at radius 1 is 0.950 bits per heavy atom. The van der Waals surface area contributed by atoms with E-state index in [0.717, 1.165) is 16.3 Å². The number of alkyl halides is 1. The van der Waals surface area contributed by atoms with Crippen LogP contribution in [0.1, 0.15) is 19.4 Å². The van der Waals surface area contributed by atoms with E-state index < -0.39 is 11.9 Å². The fourth-order valence-corrected chi connectivity index (χ4v) is 2.26. The number of hydrogen-bond donors (Lipinski definition) is 0. The quantitative estimate of drug-likeness (QED) is 0.488. The molecule has 0 amide bonds. The smallest absolute Gasteiger partial charge is 0.308 e. The van der Waals surface area contributed by atoms with Crippen LogP contribution in [0.15, 0.2) is 30.3 Å². The molecule has 0 bridgehead atoms. The summed E-state index contributed by atoms with van der Waals surface area (Å²) in [6, 6.07) is 8.91. The lowest BCUT2D eigenvalue weighted by atomic mass is 10.1. The van der Waals surface area contributed by atoms with E-state index in [2.05, 4.69) is 15.9 Å². The summed E-state index contributed by atoms with van der Waals surface area (Å²) < 4.78 is 10.4. The van der Waals surface area contributed by atoms with E-state index in [1.807, 2.05) is 18.2 Å². The minimum atomic E-state index is -0.393. The monoisotopic (exact) mass is 336 g/mol. The van der Waals surface area contributed by atoms with Crippen LogP contribution in [0.2, 0.25) is 0 Å². The molecular weight excluding hydrogens is 324 g/mol. The average Bonchev–Trinajstić information content (AvgIpc) is 2.40. The van der Waals surface area contributed by atoms with Gasteiger partial charge in [0.05, 0.1) is 0 Å². The highest BCUT2D eigenvalue weighted by atomic mass is 79.9. The molecule has 0 N–H and O–H groups in total. The van der Waals surface area contributed by atoms with Gasteiger partial charge in [0.25, 0.3) is 0 Å². The van der Waals surface area contributed by atoms with Crippen LogP contribution in [0.25, 0.3) is 10.8 Å². The third-order valence-electron chi connectivity index (χ3n) is 2.66. The second-order valence-corrected chi connectivity index (χ2v) is 4.82. The summed E-state index contributed by atoms with van der Waals surface area (Å²) in [5.41, 5.74) is 1.03. The first-order valence-corrected chi connectivity index (χ1v) is 7.12. The van der Waals surface area contributed by atoms with Crippen LogP contribution in [0.3, 0.4) is 0 Å². The number of ether oxygens (including phenoxy) is 2. The lowest BCUT2D eigenvalue weighted by Gasteiger charge is -2.11. The number of fused-ring (bicyclic) bond motifs is 1. The number of rotatable bonds is 3. The highest BCUT2D eigenvalue weighted by molar-refractivity contribution is 9.08. The van der Waals surface area contributed by atoms with Crippen molar-refractivity contribution in [1.82, 2.24) is 0 Å². The molecule has 5 heteroatoms. The molecule has 0 saturated carbocycles. The summed E-state index contributed by atoms with van der Waals surface area (Å²) in [5, 5.41) is 2.14. The molecule has 0 fully saturated rings. The Balaban J connectivity index is 2.64. The van der Waals surface area contributed by atoms with E-state index in [4.69, 9.17) is 9.47 Å². The normalized spacial score (nSPS) is 10.3. The van der Waals surface area contributed by atoms with Gasteiger partial charge < -0.3 is 9.47 Å². The molecule has 2 aromatic carbocycles. The van der Waals surface area contributed by atoms with Gasteiger partial charge in [-0.15, -0.1) is 0 Å². The molecule has 0 saturated heterocycles. The number of esters is 2. The van der Waals surface area contributed by atoms with E-state index in [0.29, 0.717) is 16.8 Å². The van der Waals surface area contributed by atoms with E-state index in [1.54, 1.807) is 12.1 Å². The maximum Gasteiger partial charge on any atom is 0.308 e. The van der Waals surface area contributed by atoms with Crippen molar-refractivity contribution in [3.05, 3.63) is 35.9 Å². The Bertz CT molecular complexity index is 679. The zero-order chi connectivity index (χ0) is 14.7. The zero-order valence-electron chi connectivity index (χ0n) is 11.1. The van der Waals surface area contributed by atoms with Crippen molar-refractivity contribution in [2.45, 2.75) is 19.2 Å². The van der Waals surface area contributed by atoms with Crippen molar-refractivity contribution in [3.8, 4) is 11.5 Å². The van der Waals surface area contributed by atoms with Gasteiger partial charge in [-0.05, 0) is 23.8 Å². The molecular formula is C15H13BrO4. The van der Waals surface area contributed by atoms with Crippen molar-refractivity contribution in [1.29, 1.82) is 0 Å². The third kappa shape index (κ3) is 3.17. The zero-order valence-corrected chi connectivity index (χ0v) is 12.7. The van der Waals surface area contributed by atoms with Crippen LogP contribution in [-0.2, 0) is 14.9 Å². The van der Waals surface area contributed by atoms with Gasteiger partial charge in [-0.25, -0.2) is 0 Å². The highest BCUT2D eigenvalue weighted by Gasteiger charge is 2.11. The Morgan fingerprint density at radius 2 is 1.50 bits per heavy atom. The van der Waals surface area contributed by atoms with Crippen LogP contribution < -0.4 is 9.47 Å². The number of carbonyl (C=O) groups is 2. The minimum Gasteiger partial charge on any atom is -0.426 e. The third-order valence-corrected chi connectivity index (χ3v) is 3.31. The SMILES string of the molecule is CC(=O)Oc1ccc(OC(C)=O)c2cc(CBr)ccc12. The summed E-state index contributed by atoms with van der Waals surface area (Å²) in [5.74, 6) is 0.114. The largest absolute Gasteiger partial charge is 0.426 e. The van der Waals surface area contributed by atoms with Gasteiger partial charge >= 0.3 is 11.9 Å². The molecule has 0 aromatic heterocycles. The first kappa shape index (κ1) is 14.5. The second kappa shape index (κ2) is 6.05. The van der Waals surface area contributed by atoms with Gasteiger partial charge in [0.1, 0.15) is 11.5 Å². The van der Waals surface area contributed by atoms with E-state index in [1.165, 1.54) is 13.8 Å². The first-order valence-electron chi connectivity index (χ1n) is 5.99. The Labute approximate surface area is 124 Å². The summed E-state index contributed by atoms with van der Waals surface area (Å²) in [6.45, 7) is 2.69. The lowest BCUT2D eigenvalue weighted by molar-refractivity contribution is -0.132. The van der Waals surface area contributed by atoms with E-state index >= 15 is 0 Å². The van der Waals surface area contributed by atoms with Crippen molar-refractivity contribution in [2.24, 2.45) is 0 Å². The molecule has 104 valence electrons.